The van der Waals surface area contributed by atoms with Gasteiger partial charge in [0.15, 0.2) is 0 Å². The van der Waals surface area contributed by atoms with Gasteiger partial charge in [-0.3, -0.25) is 4.79 Å². The molecule has 102 valence electrons. The first-order chi connectivity index (χ1) is 8.39. The van der Waals surface area contributed by atoms with Crippen LogP contribution in [-0.2, 0) is 4.79 Å². The van der Waals surface area contributed by atoms with E-state index in [0.29, 0.717) is 5.25 Å². The maximum atomic E-state index is 12.1. The molecule has 1 fully saturated rings. The number of rotatable bonds is 5. The fourth-order valence-corrected chi connectivity index (χ4v) is 3.40. The SMILES string of the molecule is CC(C)[C@](C)(C#N)NC(=O)[C@H](C)SC1CCCC1. The molecule has 0 radical (unpaired) electrons. The van der Waals surface area contributed by atoms with Crippen molar-refractivity contribution < 1.29 is 4.79 Å². The lowest BCUT2D eigenvalue weighted by Gasteiger charge is -2.29. The molecule has 18 heavy (non-hydrogen) atoms. The second-order valence-electron chi connectivity index (χ2n) is 5.64. The molecule has 1 N–H and O–H groups in total. The quantitative estimate of drug-likeness (QED) is 0.833. The Kier molecular flexibility index (Phi) is 5.52. The Labute approximate surface area is 115 Å². The van der Waals surface area contributed by atoms with Crippen molar-refractivity contribution in [1.29, 1.82) is 5.26 Å². The van der Waals surface area contributed by atoms with Crippen LogP contribution in [0.4, 0.5) is 0 Å². The predicted octanol–water partition coefficient (Wildman–Crippen LogP) is 3.11. The normalized spacial score (nSPS) is 21.3. The summed E-state index contributed by atoms with van der Waals surface area (Å²) in [7, 11) is 0. The third kappa shape index (κ3) is 3.91. The highest BCUT2D eigenvalue weighted by Gasteiger charge is 2.32. The van der Waals surface area contributed by atoms with E-state index in [-0.39, 0.29) is 17.1 Å². The molecule has 3 nitrogen and oxygen atoms in total. The van der Waals surface area contributed by atoms with E-state index < -0.39 is 5.54 Å². The highest BCUT2D eigenvalue weighted by molar-refractivity contribution is 8.01. The molecule has 0 bridgehead atoms. The molecule has 2 atom stereocenters. The molecule has 1 amide bonds. The van der Waals surface area contributed by atoms with E-state index in [4.69, 9.17) is 0 Å². The van der Waals surface area contributed by atoms with Crippen molar-refractivity contribution in [3.63, 3.8) is 0 Å². The van der Waals surface area contributed by atoms with Crippen LogP contribution in [0, 0.1) is 17.2 Å². The Morgan fingerprint density at radius 3 is 2.39 bits per heavy atom. The third-order valence-electron chi connectivity index (χ3n) is 3.84. The molecule has 0 aliphatic heterocycles. The zero-order valence-corrected chi connectivity index (χ0v) is 12.6. The lowest BCUT2D eigenvalue weighted by molar-refractivity contribution is -0.121. The van der Waals surface area contributed by atoms with E-state index in [1.807, 2.05) is 20.8 Å². The zero-order valence-electron chi connectivity index (χ0n) is 11.8. The average Bonchev–Trinajstić information content (AvgIpc) is 2.81. The van der Waals surface area contributed by atoms with Crippen LogP contribution in [0.15, 0.2) is 0 Å². The van der Waals surface area contributed by atoms with Crippen molar-refractivity contribution in [3.05, 3.63) is 0 Å². The molecule has 4 heteroatoms. The average molecular weight is 268 g/mol. The Hall–Kier alpha value is -0.690. The van der Waals surface area contributed by atoms with E-state index in [0.717, 1.165) is 0 Å². The summed E-state index contributed by atoms with van der Waals surface area (Å²) >= 11 is 1.76. The summed E-state index contributed by atoms with van der Waals surface area (Å²) in [5.41, 5.74) is -0.762. The molecule has 1 saturated carbocycles. The highest BCUT2D eigenvalue weighted by Crippen LogP contribution is 2.32. The Balaban J connectivity index is 2.51. The van der Waals surface area contributed by atoms with Crippen LogP contribution >= 0.6 is 11.8 Å². The summed E-state index contributed by atoms with van der Waals surface area (Å²) in [6, 6.07) is 2.22. The molecule has 1 rings (SSSR count). The van der Waals surface area contributed by atoms with Gasteiger partial charge in [-0.05, 0) is 32.6 Å². The van der Waals surface area contributed by atoms with Crippen molar-refractivity contribution in [2.24, 2.45) is 5.92 Å². The van der Waals surface area contributed by atoms with E-state index in [2.05, 4.69) is 11.4 Å². The molecule has 1 aliphatic rings. The van der Waals surface area contributed by atoms with Gasteiger partial charge in [0.25, 0.3) is 0 Å². The molecule has 0 spiro atoms. The number of hydrogen-bond donors (Lipinski definition) is 1. The van der Waals surface area contributed by atoms with Crippen LogP contribution in [0.1, 0.15) is 53.4 Å². The van der Waals surface area contributed by atoms with Gasteiger partial charge < -0.3 is 5.32 Å². The van der Waals surface area contributed by atoms with Crippen molar-refractivity contribution in [2.45, 2.75) is 69.4 Å². The largest absolute Gasteiger partial charge is 0.337 e. The van der Waals surface area contributed by atoms with Crippen LogP contribution in [0.3, 0.4) is 0 Å². The van der Waals surface area contributed by atoms with Crippen molar-refractivity contribution in [3.8, 4) is 6.07 Å². The topological polar surface area (TPSA) is 52.9 Å². The molecule has 0 heterocycles. The molecule has 0 aromatic heterocycles. The van der Waals surface area contributed by atoms with Gasteiger partial charge in [-0.2, -0.15) is 5.26 Å². The van der Waals surface area contributed by atoms with Crippen LogP contribution in [0.2, 0.25) is 0 Å². The molecule has 1 aliphatic carbocycles. The number of amides is 1. The standard InChI is InChI=1S/C14H24N2OS/c1-10(2)14(4,9-15)16-13(17)11(3)18-12-7-5-6-8-12/h10-12H,5-8H2,1-4H3,(H,16,17)/t11-,14-/m0/s1. The van der Waals surface area contributed by atoms with E-state index >= 15 is 0 Å². The van der Waals surface area contributed by atoms with Gasteiger partial charge in [-0.15, -0.1) is 11.8 Å². The molecule has 0 aromatic rings. The zero-order chi connectivity index (χ0) is 13.8. The number of nitriles is 1. The van der Waals surface area contributed by atoms with Crippen molar-refractivity contribution in [1.82, 2.24) is 5.32 Å². The van der Waals surface area contributed by atoms with Crippen molar-refractivity contribution >= 4 is 17.7 Å². The summed E-state index contributed by atoms with van der Waals surface area (Å²) < 4.78 is 0. The summed E-state index contributed by atoms with van der Waals surface area (Å²) in [6.45, 7) is 7.65. The summed E-state index contributed by atoms with van der Waals surface area (Å²) in [5, 5.41) is 12.6. The fourth-order valence-electron chi connectivity index (χ4n) is 2.03. The second-order valence-corrected chi connectivity index (χ2v) is 7.29. The summed E-state index contributed by atoms with van der Waals surface area (Å²) in [4.78, 5) is 12.1. The fraction of sp³-hybridized carbons (Fsp3) is 0.857. The molecule has 0 unspecified atom stereocenters. The highest BCUT2D eigenvalue weighted by atomic mass is 32.2. The smallest absolute Gasteiger partial charge is 0.234 e. The first-order valence-corrected chi connectivity index (χ1v) is 7.72. The Morgan fingerprint density at radius 2 is 1.94 bits per heavy atom. The number of carbonyl (C=O) groups excluding carboxylic acids is 1. The Bertz CT molecular complexity index is 331. The van der Waals surface area contributed by atoms with Gasteiger partial charge in [0.2, 0.25) is 5.91 Å². The molecule has 0 aromatic carbocycles. The second kappa shape index (κ2) is 6.47. The minimum atomic E-state index is -0.762. The van der Waals surface area contributed by atoms with E-state index in [1.54, 1.807) is 18.7 Å². The third-order valence-corrected chi connectivity index (χ3v) is 5.32. The van der Waals surface area contributed by atoms with Crippen LogP contribution in [-0.4, -0.2) is 21.9 Å². The van der Waals surface area contributed by atoms with Crippen LogP contribution in [0.5, 0.6) is 0 Å². The van der Waals surface area contributed by atoms with Crippen LogP contribution < -0.4 is 5.32 Å². The van der Waals surface area contributed by atoms with Crippen LogP contribution in [0.25, 0.3) is 0 Å². The number of hydrogen-bond acceptors (Lipinski definition) is 3. The number of nitrogens with one attached hydrogen (secondary N) is 1. The summed E-state index contributed by atoms with van der Waals surface area (Å²) in [6.07, 6.45) is 5.02. The Morgan fingerprint density at radius 1 is 1.39 bits per heavy atom. The molecular formula is C14H24N2OS. The van der Waals surface area contributed by atoms with Gasteiger partial charge in [0.1, 0.15) is 5.54 Å². The molecule has 0 saturated heterocycles. The maximum absolute atomic E-state index is 12.1. The minimum absolute atomic E-state index is 0.00958. The predicted molar refractivity (Wildman–Crippen MR) is 76.3 cm³/mol. The maximum Gasteiger partial charge on any atom is 0.234 e. The van der Waals surface area contributed by atoms with E-state index in [1.165, 1.54) is 25.7 Å². The van der Waals surface area contributed by atoms with Gasteiger partial charge in [-0.1, -0.05) is 26.7 Å². The van der Waals surface area contributed by atoms with Gasteiger partial charge in [0, 0.05) is 5.25 Å². The summed E-state index contributed by atoms with van der Waals surface area (Å²) in [5.74, 6) is 0.0970. The number of carbonyl (C=O) groups is 1. The first-order valence-electron chi connectivity index (χ1n) is 6.78. The number of nitrogens with zero attached hydrogens (tertiary/aromatic N) is 1. The minimum Gasteiger partial charge on any atom is -0.337 e. The van der Waals surface area contributed by atoms with Crippen molar-refractivity contribution in [2.75, 3.05) is 0 Å². The lowest BCUT2D eigenvalue weighted by Crippen LogP contribution is -2.51. The van der Waals surface area contributed by atoms with E-state index in [9.17, 15) is 10.1 Å². The molecular weight excluding hydrogens is 244 g/mol. The van der Waals surface area contributed by atoms with Gasteiger partial charge in [-0.25, -0.2) is 0 Å². The number of thioether (sulfide) groups is 1. The lowest BCUT2D eigenvalue weighted by atomic mass is 9.90. The monoisotopic (exact) mass is 268 g/mol. The first kappa shape index (κ1) is 15.4. The van der Waals surface area contributed by atoms with Gasteiger partial charge >= 0.3 is 0 Å². The van der Waals surface area contributed by atoms with Gasteiger partial charge in [0.05, 0.1) is 11.3 Å².